The molecule has 1 atom stereocenters. The summed E-state index contributed by atoms with van der Waals surface area (Å²) in [5, 5.41) is 2.74. The van der Waals surface area contributed by atoms with E-state index >= 15 is 0 Å². The van der Waals surface area contributed by atoms with Crippen molar-refractivity contribution in [3.8, 4) is 11.5 Å². The Balaban J connectivity index is 1.78. The van der Waals surface area contributed by atoms with Gasteiger partial charge >= 0.3 is 0 Å². The summed E-state index contributed by atoms with van der Waals surface area (Å²) in [7, 11) is 1.49. The minimum atomic E-state index is -1.20. The monoisotopic (exact) mass is 529 g/mol. The van der Waals surface area contributed by atoms with Crippen LogP contribution in [0.15, 0.2) is 42.5 Å². The zero-order valence-electron chi connectivity index (χ0n) is 19.7. The number of anilines is 1. The number of rotatable bonds is 10. The minimum Gasteiger partial charge on any atom is -0.454 e. The SMILES string of the molecule is COCCNC(=O)C(c1ccc(F)cc1)N(Cc1ccc2c(c1)OCO2)C(=O)c1snc(C(N)=O)c1N. The molecule has 2 aromatic carbocycles. The summed E-state index contributed by atoms with van der Waals surface area (Å²) in [6, 6.07) is 9.13. The molecule has 2 heterocycles. The lowest BCUT2D eigenvalue weighted by Crippen LogP contribution is -2.44. The van der Waals surface area contributed by atoms with Gasteiger partial charge in [-0.3, -0.25) is 14.4 Å². The molecular formula is C24H24FN5O6S. The summed E-state index contributed by atoms with van der Waals surface area (Å²) in [6.45, 7) is 0.405. The number of amides is 3. The number of hydrogen-bond acceptors (Lipinski definition) is 9. The predicted molar refractivity (Wildman–Crippen MR) is 132 cm³/mol. The zero-order valence-corrected chi connectivity index (χ0v) is 20.5. The summed E-state index contributed by atoms with van der Waals surface area (Å²) >= 11 is 0.696. The third kappa shape index (κ3) is 5.62. The quantitative estimate of drug-likeness (QED) is 0.336. The highest BCUT2D eigenvalue weighted by molar-refractivity contribution is 7.09. The van der Waals surface area contributed by atoms with Crippen LogP contribution in [0.1, 0.15) is 37.3 Å². The first kappa shape index (κ1) is 25.9. The molecule has 1 unspecified atom stereocenters. The van der Waals surface area contributed by atoms with Crippen LogP contribution in [0.4, 0.5) is 10.1 Å². The van der Waals surface area contributed by atoms with E-state index in [1.54, 1.807) is 18.2 Å². The fourth-order valence-electron chi connectivity index (χ4n) is 3.77. The van der Waals surface area contributed by atoms with Crippen LogP contribution in [0, 0.1) is 5.82 Å². The number of primary amides is 1. The number of nitrogens with one attached hydrogen (secondary N) is 1. The molecule has 37 heavy (non-hydrogen) atoms. The molecule has 1 aliphatic heterocycles. The van der Waals surface area contributed by atoms with Crippen molar-refractivity contribution in [3.63, 3.8) is 0 Å². The van der Waals surface area contributed by atoms with Gasteiger partial charge in [-0.15, -0.1) is 0 Å². The molecular weight excluding hydrogens is 505 g/mol. The van der Waals surface area contributed by atoms with Crippen LogP contribution in [0.25, 0.3) is 0 Å². The molecule has 0 aliphatic carbocycles. The maximum Gasteiger partial charge on any atom is 0.270 e. The Morgan fingerprint density at radius 1 is 1.19 bits per heavy atom. The fourth-order valence-corrected chi connectivity index (χ4v) is 4.53. The van der Waals surface area contributed by atoms with Crippen LogP contribution < -0.4 is 26.3 Å². The van der Waals surface area contributed by atoms with Crippen LogP contribution in [0.2, 0.25) is 0 Å². The maximum atomic E-state index is 13.9. The van der Waals surface area contributed by atoms with E-state index in [9.17, 15) is 18.8 Å². The highest BCUT2D eigenvalue weighted by atomic mass is 32.1. The highest BCUT2D eigenvalue weighted by Gasteiger charge is 2.35. The van der Waals surface area contributed by atoms with Crippen LogP contribution >= 0.6 is 11.5 Å². The maximum absolute atomic E-state index is 13.9. The molecule has 0 saturated heterocycles. The number of fused-ring (bicyclic) bond motifs is 1. The van der Waals surface area contributed by atoms with Crippen molar-refractivity contribution in [2.75, 3.05) is 32.8 Å². The molecule has 1 aromatic heterocycles. The van der Waals surface area contributed by atoms with Gasteiger partial charge in [0.25, 0.3) is 11.8 Å². The van der Waals surface area contributed by atoms with Crippen LogP contribution in [-0.2, 0) is 16.1 Å². The molecule has 0 bridgehead atoms. The average molecular weight is 530 g/mol. The number of nitrogens with zero attached hydrogens (tertiary/aromatic N) is 2. The third-order valence-corrected chi connectivity index (χ3v) is 6.41. The van der Waals surface area contributed by atoms with Crippen molar-refractivity contribution in [2.24, 2.45) is 5.73 Å². The Hall–Kier alpha value is -4.23. The van der Waals surface area contributed by atoms with Gasteiger partial charge in [0, 0.05) is 20.2 Å². The van der Waals surface area contributed by atoms with E-state index in [1.165, 1.54) is 36.3 Å². The second-order valence-electron chi connectivity index (χ2n) is 8.00. The Morgan fingerprint density at radius 3 is 2.59 bits per heavy atom. The standard InChI is InChI=1S/C24H24FN5O6S/c1-34-9-8-28-23(32)20(14-3-5-15(25)6-4-14)30(11-13-2-7-16-17(10-13)36-12-35-16)24(33)21-18(26)19(22(27)31)29-37-21/h2-7,10,20H,8-9,11-12,26H2,1H3,(H2,27,31)(H,28,32). The van der Waals surface area contributed by atoms with E-state index in [1.807, 2.05) is 0 Å². The van der Waals surface area contributed by atoms with Gasteiger partial charge in [-0.1, -0.05) is 18.2 Å². The Labute approximate surface area is 215 Å². The second-order valence-corrected chi connectivity index (χ2v) is 8.77. The summed E-state index contributed by atoms with van der Waals surface area (Å²) in [5.41, 5.74) is 11.9. The molecule has 1 aliphatic rings. The smallest absolute Gasteiger partial charge is 0.270 e. The van der Waals surface area contributed by atoms with E-state index in [0.29, 0.717) is 34.2 Å². The van der Waals surface area contributed by atoms with Gasteiger partial charge in [-0.25, -0.2) is 4.39 Å². The van der Waals surface area contributed by atoms with Crippen molar-refractivity contribution in [1.82, 2.24) is 14.6 Å². The van der Waals surface area contributed by atoms with Gasteiger partial charge in [0.15, 0.2) is 17.2 Å². The van der Waals surface area contributed by atoms with E-state index in [2.05, 4.69) is 9.69 Å². The Kier molecular flexibility index (Phi) is 7.84. The van der Waals surface area contributed by atoms with E-state index in [4.69, 9.17) is 25.7 Å². The van der Waals surface area contributed by atoms with E-state index in [-0.39, 0.29) is 42.7 Å². The molecule has 0 saturated carbocycles. The summed E-state index contributed by atoms with van der Waals surface area (Å²) in [6.07, 6.45) is 0. The fraction of sp³-hybridized carbons (Fsp3) is 0.250. The van der Waals surface area contributed by atoms with E-state index < -0.39 is 29.6 Å². The lowest BCUT2D eigenvalue weighted by molar-refractivity contribution is -0.126. The number of nitrogens with two attached hydrogens (primary N) is 2. The minimum absolute atomic E-state index is 0.0636. The van der Waals surface area contributed by atoms with Crippen molar-refractivity contribution >= 4 is 34.9 Å². The number of hydrogen-bond donors (Lipinski definition) is 3. The Bertz CT molecular complexity index is 1320. The summed E-state index contributed by atoms with van der Waals surface area (Å²) in [4.78, 5) is 40.2. The molecule has 13 heteroatoms. The number of aromatic nitrogens is 1. The van der Waals surface area contributed by atoms with Crippen molar-refractivity contribution in [1.29, 1.82) is 0 Å². The van der Waals surface area contributed by atoms with Gasteiger partial charge in [0.1, 0.15) is 16.7 Å². The molecule has 3 amide bonds. The first-order valence-electron chi connectivity index (χ1n) is 11.1. The predicted octanol–water partition coefficient (Wildman–Crippen LogP) is 1.84. The average Bonchev–Trinajstić information content (AvgIpc) is 3.50. The first-order chi connectivity index (χ1) is 17.8. The largest absolute Gasteiger partial charge is 0.454 e. The van der Waals surface area contributed by atoms with Crippen molar-refractivity contribution in [2.45, 2.75) is 12.6 Å². The van der Waals surface area contributed by atoms with Crippen LogP contribution in [0.5, 0.6) is 11.5 Å². The topological polar surface area (TPSA) is 159 Å². The summed E-state index contributed by atoms with van der Waals surface area (Å²) in [5.74, 6) is -1.56. The number of carbonyl (C=O) groups excluding carboxylic acids is 3. The number of carbonyl (C=O) groups is 3. The van der Waals surface area contributed by atoms with Crippen molar-refractivity contribution < 1.29 is 33.0 Å². The van der Waals surface area contributed by atoms with Gasteiger partial charge < -0.3 is 35.9 Å². The number of halogens is 1. The lowest BCUT2D eigenvalue weighted by Gasteiger charge is -2.31. The van der Waals surface area contributed by atoms with Crippen molar-refractivity contribution in [3.05, 3.63) is 70.0 Å². The van der Waals surface area contributed by atoms with Gasteiger partial charge in [-0.05, 0) is 46.9 Å². The van der Waals surface area contributed by atoms with Gasteiger partial charge in [0.05, 0.1) is 12.3 Å². The molecule has 0 spiro atoms. The lowest BCUT2D eigenvalue weighted by atomic mass is 10.0. The normalized spacial score (nSPS) is 12.7. The molecule has 11 nitrogen and oxygen atoms in total. The molecule has 3 aromatic rings. The number of nitrogen functional groups attached to an aromatic ring is 1. The molecule has 4 rings (SSSR count). The first-order valence-corrected chi connectivity index (χ1v) is 11.8. The molecule has 194 valence electrons. The number of methoxy groups -OCH3 is 1. The Morgan fingerprint density at radius 2 is 1.92 bits per heavy atom. The molecule has 5 N–H and O–H groups in total. The molecule has 0 fully saturated rings. The summed E-state index contributed by atoms with van der Waals surface area (Å²) < 4.78 is 33.5. The second kappa shape index (κ2) is 11.2. The zero-order chi connectivity index (χ0) is 26.5. The third-order valence-electron chi connectivity index (χ3n) is 5.56. The number of benzene rings is 2. The van der Waals surface area contributed by atoms with Gasteiger partial charge in [-0.2, -0.15) is 4.37 Å². The van der Waals surface area contributed by atoms with E-state index in [0.717, 1.165) is 0 Å². The molecule has 0 radical (unpaired) electrons. The number of ether oxygens (including phenoxy) is 3. The van der Waals surface area contributed by atoms with Crippen LogP contribution in [-0.4, -0.2) is 54.0 Å². The van der Waals surface area contributed by atoms with Gasteiger partial charge in [0.2, 0.25) is 12.7 Å². The van der Waals surface area contributed by atoms with Crippen LogP contribution in [0.3, 0.4) is 0 Å². The highest BCUT2D eigenvalue weighted by Crippen LogP contribution is 2.35.